The number of hydrogen-bond donors (Lipinski definition) is 1. The Hall–Kier alpha value is -2.13. The first kappa shape index (κ1) is 14.5. The van der Waals surface area contributed by atoms with Crippen molar-refractivity contribution in [1.82, 2.24) is 4.90 Å². The Morgan fingerprint density at radius 1 is 1.13 bits per heavy atom. The molecule has 23 heavy (non-hydrogen) atoms. The number of piperidine rings is 1. The first-order valence-corrected chi connectivity index (χ1v) is 8.42. The van der Waals surface area contributed by atoms with Gasteiger partial charge in [0.1, 0.15) is 0 Å². The van der Waals surface area contributed by atoms with Gasteiger partial charge < -0.3 is 5.73 Å². The summed E-state index contributed by atoms with van der Waals surface area (Å²) < 4.78 is 0. The molecule has 4 rings (SSSR count). The molecule has 0 bridgehead atoms. The second kappa shape index (κ2) is 5.82. The molecule has 1 aliphatic heterocycles. The van der Waals surface area contributed by atoms with E-state index in [1.807, 2.05) is 0 Å². The van der Waals surface area contributed by atoms with Gasteiger partial charge in [0.25, 0.3) is 0 Å². The number of primary amides is 1. The zero-order valence-corrected chi connectivity index (χ0v) is 13.3. The van der Waals surface area contributed by atoms with E-state index in [1.165, 1.54) is 27.8 Å². The topological polar surface area (TPSA) is 46.3 Å². The van der Waals surface area contributed by atoms with Crippen LogP contribution in [0, 0.1) is 5.92 Å². The number of nitrogens with two attached hydrogens (primary N) is 1. The highest BCUT2D eigenvalue weighted by Gasteiger charge is 2.24. The van der Waals surface area contributed by atoms with Crippen LogP contribution in [0.5, 0.6) is 0 Å². The smallest absolute Gasteiger partial charge is 0.221 e. The molecular weight excluding hydrogens is 284 g/mol. The van der Waals surface area contributed by atoms with Crippen molar-refractivity contribution in [1.29, 1.82) is 0 Å². The Morgan fingerprint density at radius 3 is 2.83 bits per heavy atom. The van der Waals surface area contributed by atoms with Gasteiger partial charge in [-0.15, -0.1) is 0 Å². The average molecular weight is 306 g/mol. The quantitative estimate of drug-likeness (QED) is 0.808. The maximum Gasteiger partial charge on any atom is 0.221 e. The summed E-state index contributed by atoms with van der Waals surface area (Å²) in [7, 11) is 0. The molecule has 0 saturated carbocycles. The van der Waals surface area contributed by atoms with Gasteiger partial charge in [-0.1, -0.05) is 42.5 Å². The summed E-state index contributed by atoms with van der Waals surface area (Å²) in [6.45, 7) is 2.77. The van der Waals surface area contributed by atoms with Crippen LogP contribution >= 0.6 is 0 Å². The van der Waals surface area contributed by atoms with E-state index in [2.05, 4.69) is 47.4 Å². The fraction of sp³-hybridized carbons (Fsp3) is 0.350. The van der Waals surface area contributed by atoms with E-state index in [-0.39, 0.29) is 11.8 Å². The third-order valence-electron chi connectivity index (χ3n) is 5.17. The normalized spacial score (nSPS) is 20.1. The Morgan fingerprint density at radius 2 is 1.96 bits per heavy atom. The largest absolute Gasteiger partial charge is 0.369 e. The second-order valence-corrected chi connectivity index (χ2v) is 6.80. The van der Waals surface area contributed by atoms with Gasteiger partial charge in [0.05, 0.1) is 5.92 Å². The molecule has 1 atom stereocenters. The van der Waals surface area contributed by atoms with E-state index in [9.17, 15) is 4.79 Å². The van der Waals surface area contributed by atoms with Crippen molar-refractivity contribution >= 4 is 5.91 Å². The Kier molecular flexibility index (Phi) is 3.66. The van der Waals surface area contributed by atoms with Crippen LogP contribution in [-0.2, 0) is 17.8 Å². The molecule has 1 unspecified atom stereocenters. The monoisotopic (exact) mass is 306 g/mol. The first-order valence-electron chi connectivity index (χ1n) is 8.42. The highest BCUT2D eigenvalue weighted by atomic mass is 16.1. The van der Waals surface area contributed by atoms with Gasteiger partial charge in [-0.2, -0.15) is 0 Å². The van der Waals surface area contributed by atoms with Crippen LogP contribution in [0.25, 0.3) is 11.1 Å². The fourth-order valence-electron chi connectivity index (χ4n) is 3.99. The number of hydrogen-bond acceptors (Lipinski definition) is 2. The molecule has 2 aromatic rings. The molecule has 0 spiro atoms. The molecule has 3 nitrogen and oxygen atoms in total. The van der Waals surface area contributed by atoms with E-state index in [0.29, 0.717) is 0 Å². The summed E-state index contributed by atoms with van der Waals surface area (Å²) in [5.74, 6) is -0.137. The van der Waals surface area contributed by atoms with Crippen LogP contribution in [0.3, 0.4) is 0 Å². The van der Waals surface area contributed by atoms with Crippen molar-refractivity contribution < 1.29 is 4.79 Å². The van der Waals surface area contributed by atoms with Crippen LogP contribution in [0.15, 0.2) is 42.5 Å². The van der Waals surface area contributed by atoms with Gasteiger partial charge in [-0.05, 0) is 53.6 Å². The van der Waals surface area contributed by atoms with Crippen LogP contribution < -0.4 is 5.73 Å². The van der Waals surface area contributed by atoms with Crippen molar-refractivity contribution in [2.45, 2.75) is 25.8 Å². The minimum Gasteiger partial charge on any atom is -0.369 e. The van der Waals surface area contributed by atoms with E-state index in [4.69, 9.17) is 5.73 Å². The van der Waals surface area contributed by atoms with Crippen LogP contribution in [0.4, 0.5) is 0 Å². The predicted octanol–water partition coefficient (Wildman–Crippen LogP) is 2.96. The molecule has 1 heterocycles. The summed E-state index contributed by atoms with van der Waals surface area (Å²) in [4.78, 5) is 13.8. The minimum atomic E-state index is -0.154. The Bertz CT molecular complexity index is 753. The molecule has 0 radical (unpaired) electrons. The molecule has 1 fully saturated rings. The Labute approximate surface area is 137 Å². The average Bonchev–Trinajstić information content (AvgIpc) is 2.92. The van der Waals surface area contributed by atoms with E-state index in [0.717, 1.165) is 38.9 Å². The summed E-state index contributed by atoms with van der Waals surface area (Å²) in [6.07, 6.45) is 3.03. The minimum absolute atomic E-state index is 0.0161. The molecule has 2 aromatic carbocycles. The number of likely N-dealkylation sites (tertiary alicyclic amines) is 1. The summed E-state index contributed by atoms with van der Waals surface area (Å²) in [5, 5.41) is 0. The molecule has 3 heteroatoms. The number of rotatable bonds is 3. The molecule has 1 amide bonds. The zero-order valence-electron chi connectivity index (χ0n) is 13.3. The summed E-state index contributed by atoms with van der Waals surface area (Å²) >= 11 is 0. The highest BCUT2D eigenvalue weighted by Crippen LogP contribution is 2.36. The number of carbonyl (C=O) groups excluding carboxylic acids is 1. The summed E-state index contributed by atoms with van der Waals surface area (Å²) in [5.41, 5.74) is 12.4. The van der Waals surface area contributed by atoms with Crippen LogP contribution in [0.1, 0.15) is 29.5 Å². The lowest BCUT2D eigenvalue weighted by Gasteiger charge is -2.31. The van der Waals surface area contributed by atoms with E-state index >= 15 is 0 Å². The van der Waals surface area contributed by atoms with Crippen molar-refractivity contribution in [2.75, 3.05) is 13.1 Å². The molecule has 1 saturated heterocycles. The van der Waals surface area contributed by atoms with Gasteiger partial charge >= 0.3 is 0 Å². The standard InChI is InChI=1S/C20H22N2O/c21-20(23)16-5-3-9-22(13-16)12-14-7-8-19-17(10-14)11-15-4-1-2-6-18(15)19/h1-2,4,6-8,10,16H,3,5,9,11-13H2,(H2,21,23). The first-order chi connectivity index (χ1) is 11.2. The number of benzene rings is 2. The molecule has 2 aliphatic rings. The van der Waals surface area contributed by atoms with Gasteiger partial charge in [-0.25, -0.2) is 0 Å². The maximum absolute atomic E-state index is 11.4. The number of fused-ring (bicyclic) bond motifs is 3. The third kappa shape index (κ3) is 2.77. The number of carbonyl (C=O) groups is 1. The van der Waals surface area contributed by atoms with Crippen molar-refractivity contribution in [3.8, 4) is 11.1 Å². The lowest BCUT2D eigenvalue weighted by molar-refractivity contribution is -0.123. The number of nitrogens with zero attached hydrogens (tertiary/aromatic N) is 1. The molecular formula is C20H22N2O. The van der Waals surface area contributed by atoms with Crippen molar-refractivity contribution in [3.05, 3.63) is 59.2 Å². The fourth-order valence-corrected chi connectivity index (χ4v) is 3.99. The van der Waals surface area contributed by atoms with Crippen LogP contribution in [-0.4, -0.2) is 23.9 Å². The lowest BCUT2D eigenvalue weighted by atomic mass is 9.96. The van der Waals surface area contributed by atoms with Gasteiger partial charge in [0, 0.05) is 13.1 Å². The van der Waals surface area contributed by atoms with E-state index in [1.54, 1.807) is 0 Å². The highest BCUT2D eigenvalue weighted by molar-refractivity contribution is 5.77. The summed E-state index contributed by atoms with van der Waals surface area (Å²) in [6, 6.07) is 15.5. The molecule has 2 N–H and O–H groups in total. The van der Waals surface area contributed by atoms with Gasteiger partial charge in [-0.3, -0.25) is 9.69 Å². The SMILES string of the molecule is NC(=O)C1CCCN(Cc2ccc3c(c2)Cc2ccccc2-3)C1. The van der Waals surface area contributed by atoms with Gasteiger partial charge in [0.2, 0.25) is 5.91 Å². The molecule has 0 aromatic heterocycles. The van der Waals surface area contributed by atoms with Crippen LogP contribution in [0.2, 0.25) is 0 Å². The predicted molar refractivity (Wildman–Crippen MR) is 91.9 cm³/mol. The van der Waals surface area contributed by atoms with Crippen molar-refractivity contribution in [3.63, 3.8) is 0 Å². The third-order valence-corrected chi connectivity index (χ3v) is 5.17. The zero-order chi connectivity index (χ0) is 15.8. The Balaban J connectivity index is 1.51. The maximum atomic E-state index is 11.4. The van der Waals surface area contributed by atoms with E-state index < -0.39 is 0 Å². The van der Waals surface area contributed by atoms with Crippen molar-refractivity contribution in [2.24, 2.45) is 11.7 Å². The second-order valence-electron chi connectivity index (χ2n) is 6.80. The molecule has 1 aliphatic carbocycles. The molecule has 118 valence electrons. The lowest BCUT2D eigenvalue weighted by Crippen LogP contribution is -2.40. The number of amides is 1. The van der Waals surface area contributed by atoms with Gasteiger partial charge in [0.15, 0.2) is 0 Å².